The number of ketones is 2. The van der Waals surface area contributed by atoms with Crippen LogP contribution in [0.25, 0.3) is 0 Å². The molecular formula is C18H17NO2. The standard InChI is InChI=1S/C18H17NO2/c19-10-4-3-5-12-8-9-15-16(11-12)18(21)14-7-2-1-6-13(14)17(15)20/h1-2,6-9,11H,3-5,10,19H2. The zero-order valence-electron chi connectivity index (χ0n) is 11.8. The van der Waals surface area contributed by atoms with E-state index >= 15 is 0 Å². The number of unbranched alkanes of at least 4 members (excludes halogenated alkanes) is 1. The number of carbonyl (C=O) groups excluding carboxylic acids is 2. The molecule has 0 fully saturated rings. The van der Waals surface area contributed by atoms with Gasteiger partial charge in [0, 0.05) is 22.3 Å². The average molecular weight is 279 g/mol. The number of carbonyl (C=O) groups is 2. The van der Waals surface area contributed by atoms with Gasteiger partial charge in [-0.25, -0.2) is 0 Å². The molecule has 0 saturated heterocycles. The number of fused-ring (bicyclic) bond motifs is 2. The quantitative estimate of drug-likeness (QED) is 0.747. The summed E-state index contributed by atoms with van der Waals surface area (Å²) in [5.74, 6) is -0.116. The van der Waals surface area contributed by atoms with Crippen molar-refractivity contribution in [1.82, 2.24) is 0 Å². The number of nitrogens with two attached hydrogens (primary N) is 1. The van der Waals surface area contributed by atoms with E-state index in [0.29, 0.717) is 28.8 Å². The third-order valence-corrected chi connectivity index (χ3v) is 3.91. The predicted octanol–water partition coefficient (Wildman–Crippen LogP) is 2.74. The summed E-state index contributed by atoms with van der Waals surface area (Å²) in [4.78, 5) is 25.0. The van der Waals surface area contributed by atoms with Crippen molar-refractivity contribution in [2.75, 3.05) is 6.54 Å². The first-order valence-corrected chi connectivity index (χ1v) is 7.24. The highest BCUT2D eigenvalue weighted by molar-refractivity contribution is 6.28. The van der Waals surface area contributed by atoms with Crippen LogP contribution in [-0.2, 0) is 6.42 Å². The first-order chi connectivity index (χ1) is 10.2. The van der Waals surface area contributed by atoms with E-state index in [2.05, 4.69) is 0 Å². The van der Waals surface area contributed by atoms with E-state index in [-0.39, 0.29) is 11.6 Å². The molecule has 0 atom stereocenters. The highest BCUT2D eigenvalue weighted by Gasteiger charge is 2.29. The number of rotatable bonds is 4. The minimum Gasteiger partial charge on any atom is -0.330 e. The Hall–Kier alpha value is -2.26. The fraction of sp³-hybridized carbons (Fsp3) is 0.222. The summed E-state index contributed by atoms with van der Waals surface area (Å²) < 4.78 is 0. The molecule has 2 N–H and O–H groups in total. The Morgan fingerprint density at radius 3 is 2.05 bits per heavy atom. The summed E-state index contributed by atoms with van der Waals surface area (Å²) in [6.07, 6.45) is 2.84. The molecule has 3 rings (SSSR count). The molecule has 0 aromatic heterocycles. The Morgan fingerprint density at radius 2 is 1.38 bits per heavy atom. The SMILES string of the molecule is NCCCCc1ccc2c(c1)C(=O)c1ccccc1C2=O. The molecule has 3 nitrogen and oxygen atoms in total. The summed E-state index contributed by atoms with van der Waals surface area (Å²) in [5.41, 5.74) is 8.64. The van der Waals surface area contributed by atoms with Crippen molar-refractivity contribution in [2.45, 2.75) is 19.3 Å². The van der Waals surface area contributed by atoms with Crippen molar-refractivity contribution in [3.05, 3.63) is 70.3 Å². The summed E-state index contributed by atoms with van der Waals surface area (Å²) >= 11 is 0. The number of benzene rings is 2. The van der Waals surface area contributed by atoms with Crippen molar-refractivity contribution in [3.8, 4) is 0 Å². The van der Waals surface area contributed by atoms with Gasteiger partial charge < -0.3 is 5.73 Å². The Labute approximate surface area is 123 Å². The molecule has 3 heteroatoms. The fourth-order valence-electron chi connectivity index (χ4n) is 2.78. The highest BCUT2D eigenvalue weighted by atomic mass is 16.1. The van der Waals surface area contributed by atoms with Crippen LogP contribution in [-0.4, -0.2) is 18.1 Å². The maximum atomic E-state index is 12.6. The van der Waals surface area contributed by atoms with Crippen molar-refractivity contribution in [1.29, 1.82) is 0 Å². The summed E-state index contributed by atoms with van der Waals surface area (Å²) in [7, 11) is 0. The van der Waals surface area contributed by atoms with Crippen molar-refractivity contribution in [3.63, 3.8) is 0 Å². The molecule has 106 valence electrons. The van der Waals surface area contributed by atoms with Crippen LogP contribution in [0, 0.1) is 0 Å². The molecule has 1 aliphatic rings. The van der Waals surface area contributed by atoms with Crippen LogP contribution in [0.1, 0.15) is 50.2 Å². The lowest BCUT2D eigenvalue weighted by atomic mass is 9.83. The van der Waals surface area contributed by atoms with Gasteiger partial charge >= 0.3 is 0 Å². The molecule has 0 bridgehead atoms. The molecule has 0 unspecified atom stereocenters. The number of hydrogen-bond donors (Lipinski definition) is 1. The summed E-state index contributed by atoms with van der Waals surface area (Å²) in [6.45, 7) is 0.676. The molecule has 1 aliphatic carbocycles. The van der Waals surface area contributed by atoms with Gasteiger partial charge in [-0.1, -0.05) is 36.4 Å². The Kier molecular flexibility index (Phi) is 3.67. The van der Waals surface area contributed by atoms with Crippen LogP contribution in [0.5, 0.6) is 0 Å². The number of hydrogen-bond acceptors (Lipinski definition) is 3. The molecule has 0 radical (unpaired) electrons. The predicted molar refractivity (Wildman–Crippen MR) is 81.7 cm³/mol. The molecule has 0 aliphatic heterocycles. The smallest absolute Gasteiger partial charge is 0.194 e. The Balaban J connectivity index is 1.99. The van der Waals surface area contributed by atoms with E-state index in [1.54, 1.807) is 30.3 Å². The third-order valence-electron chi connectivity index (χ3n) is 3.91. The van der Waals surface area contributed by atoms with Gasteiger partial charge in [-0.15, -0.1) is 0 Å². The summed E-state index contributed by atoms with van der Waals surface area (Å²) in [6, 6.07) is 12.6. The van der Waals surface area contributed by atoms with Gasteiger partial charge in [0.1, 0.15) is 0 Å². The lowest BCUT2D eigenvalue weighted by Gasteiger charge is -2.18. The monoisotopic (exact) mass is 279 g/mol. The fourth-order valence-corrected chi connectivity index (χ4v) is 2.78. The van der Waals surface area contributed by atoms with Crippen LogP contribution in [0.4, 0.5) is 0 Å². The van der Waals surface area contributed by atoms with Gasteiger partial charge in [0.15, 0.2) is 11.6 Å². The van der Waals surface area contributed by atoms with E-state index < -0.39 is 0 Å². The van der Waals surface area contributed by atoms with Crippen LogP contribution < -0.4 is 5.73 Å². The Bertz CT molecular complexity index is 719. The van der Waals surface area contributed by atoms with Gasteiger partial charge in [-0.05, 0) is 37.4 Å². The zero-order valence-corrected chi connectivity index (χ0v) is 11.8. The molecule has 2 aromatic carbocycles. The van der Waals surface area contributed by atoms with E-state index in [1.807, 2.05) is 12.1 Å². The Morgan fingerprint density at radius 1 is 0.762 bits per heavy atom. The molecular weight excluding hydrogens is 262 g/mol. The highest BCUT2D eigenvalue weighted by Crippen LogP contribution is 2.28. The van der Waals surface area contributed by atoms with Crippen molar-refractivity contribution < 1.29 is 9.59 Å². The molecule has 0 spiro atoms. The average Bonchev–Trinajstić information content (AvgIpc) is 2.53. The minimum absolute atomic E-state index is 0.0547. The van der Waals surface area contributed by atoms with Gasteiger partial charge in [0.2, 0.25) is 0 Å². The molecule has 0 amide bonds. The topological polar surface area (TPSA) is 60.2 Å². The molecule has 0 heterocycles. The lowest BCUT2D eigenvalue weighted by molar-refractivity contribution is 0.0979. The van der Waals surface area contributed by atoms with E-state index in [4.69, 9.17) is 5.73 Å². The van der Waals surface area contributed by atoms with Crippen LogP contribution in [0.3, 0.4) is 0 Å². The van der Waals surface area contributed by atoms with Crippen LogP contribution >= 0.6 is 0 Å². The second-order valence-corrected chi connectivity index (χ2v) is 5.33. The van der Waals surface area contributed by atoms with E-state index in [9.17, 15) is 9.59 Å². The number of aryl methyl sites for hydroxylation is 1. The van der Waals surface area contributed by atoms with Gasteiger partial charge in [0.05, 0.1) is 0 Å². The molecule has 21 heavy (non-hydrogen) atoms. The van der Waals surface area contributed by atoms with Gasteiger partial charge in [-0.2, -0.15) is 0 Å². The van der Waals surface area contributed by atoms with Crippen LogP contribution in [0.2, 0.25) is 0 Å². The molecule has 0 saturated carbocycles. The van der Waals surface area contributed by atoms with Crippen LogP contribution in [0.15, 0.2) is 42.5 Å². The maximum absolute atomic E-state index is 12.6. The van der Waals surface area contributed by atoms with E-state index in [0.717, 1.165) is 24.8 Å². The first kappa shape index (κ1) is 13.7. The lowest BCUT2D eigenvalue weighted by Crippen LogP contribution is -2.20. The van der Waals surface area contributed by atoms with Gasteiger partial charge in [-0.3, -0.25) is 9.59 Å². The van der Waals surface area contributed by atoms with Crippen molar-refractivity contribution in [2.24, 2.45) is 5.73 Å². The molecule has 2 aromatic rings. The van der Waals surface area contributed by atoms with E-state index in [1.165, 1.54) is 0 Å². The first-order valence-electron chi connectivity index (χ1n) is 7.24. The summed E-state index contributed by atoms with van der Waals surface area (Å²) in [5, 5.41) is 0. The second-order valence-electron chi connectivity index (χ2n) is 5.33. The normalized spacial score (nSPS) is 13.0. The van der Waals surface area contributed by atoms with Gasteiger partial charge in [0.25, 0.3) is 0 Å². The minimum atomic E-state index is -0.0614. The second kappa shape index (κ2) is 5.62. The van der Waals surface area contributed by atoms with Crippen molar-refractivity contribution >= 4 is 11.6 Å². The largest absolute Gasteiger partial charge is 0.330 e. The third kappa shape index (κ3) is 2.41. The maximum Gasteiger partial charge on any atom is 0.194 e. The zero-order chi connectivity index (χ0) is 14.8.